The number of hydrogen-bond donors (Lipinski definition) is 0. The third-order valence-electron chi connectivity index (χ3n) is 3.38. The molecule has 3 aromatic rings. The van der Waals surface area contributed by atoms with Crippen LogP contribution in [-0.4, -0.2) is 11.3 Å². The Morgan fingerprint density at radius 2 is 1.77 bits per heavy atom. The van der Waals surface area contributed by atoms with Crippen molar-refractivity contribution < 1.29 is 18.0 Å². The molecule has 0 unspecified atom stereocenters. The van der Waals surface area contributed by atoms with Crippen molar-refractivity contribution in [3.63, 3.8) is 0 Å². The lowest BCUT2D eigenvalue weighted by Crippen LogP contribution is -2.06. The number of nitrogens with zero attached hydrogens (tertiary/aromatic N) is 1. The summed E-state index contributed by atoms with van der Waals surface area (Å²) in [7, 11) is 0. The second kappa shape index (κ2) is 5.26. The maximum Gasteiger partial charge on any atom is 0.417 e. The minimum atomic E-state index is -4.43. The van der Waals surface area contributed by atoms with Gasteiger partial charge < -0.3 is 0 Å². The zero-order valence-electron chi connectivity index (χ0n) is 11.3. The van der Waals surface area contributed by atoms with Crippen molar-refractivity contribution in [3.05, 3.63) is 65.9 Å². The van der Waals surface area contributed by atoms with Crippen LogP contribution in [0.15, 0.2) is 54.7 Å². The Kier molecular flexibility index (Phi) is 3.41. The third kappa shape index (κ3) is 2.57. The largest absolute Gasteiger partial charge is 0.417 e. The van der Waals surface area contributed by atoms with Gasteiger partial charge in [-0.1, -0.05) is 18.2 Å². The summed E-state index contributed by atoms with van der Waals surface area (Å²) >= 11 is 0. The Hall–Kier alpha value is -2.69. The summed E-state index contributed by atoms with van der Waals surface area (Å²) in [5.74, 6) is 0. The minimum absolute atomic E-state index is 0.0703. The fraction of sp³-hybridized carbons (Fsp3) is 0.0588. The molecule has 1 aromatic heterocycles. The number of aromatic nitrogens is 1. The van der Waals surface area contributed by atoms with E-state index in [-0.39, 0.29) is 5.56 Å². The van der Waals surface area contributed by atoms with Gasteiger partial charge in [0.25, 0.3) is 0 Å². The van der Waals surface area contributed by atoms with Gasteiger partial charge in [0.1, 0.15) is 6.29 Å². The average Bonchev–Trinajstić information content (AvgIpc) is 2.53. The van der Waals surface area contributed by atoms with Gasteiger partial charge in [0, 0.05) is 22.7 Å². The molecule has 0 N–H and O–H groups in total. The molecule has 2 nitrogen and oxygen atoms in total. The van der Waals surface area contributed by atoms with Crippen LogP contribution in [0.25, 0.3) is 22.0 Å². The van der Waals surface area contributed by atoms with Gasteiger partial charge in [0.05, 0.1) is 11.1 Å². The molecule has 0 atom stereocenters. The van der Waals surface area contributed by atoms with Gasteiger partial charge in [0.15, 0.2) is 0 Å². The second-order valence-corrected chi connectivity index (χ2v) is 4.84. The minimum Gasteiger partial charge on any atom is -0.298 e. The molecule has 0 amide bonds. The van der Waals surface area contributed by atoms with E-state index in [1.54, 1.807) is 30.3 Å². The average molecular weight is 301 g/mol. The van der Waals surface area contributed by atoms with Gasteiger partial charge in [-0.05, 0) is 35.9 Å². The van der Waals surface area contributed by atoms with Crippen LogP contribution < -0.4 is 0 Å². The first kappa shape index (κ1) is 14.3. The lowest BCUT2D eigenvalue weighted by Gasteiger charge is -2.13. The smallest absolute Gasteiger partial charge is 0.298 e. The Morgan fingerprint density at radius 1 is 1.00 bits per heavy atom. The van der Waals surface area contributed by atoms with Crippen molar-refractivity contribution in [2.45, 2.75) is 6.18 Å². The van der Waals surface area contributed by atoms with Gasteiger partial charge in [-0.2, -0.15) is 13.2 Å². The number of carbonyl (C=O) groups excluding carboxylic acids is 1. The SMILES string of the molecule is O=Cc1ccc2ncc(-c3ccccc3C(F)(F)F)cc2c1. The summed E-state index contributed by atoms with van der Waals surface area (Å²) in [6.45, 7) is 0. The summed E-state index contributed by atoms with van der Waals surface area (Å²) in [5, 5.41) is 0.624. The topological polar surface area (TPSA) is 30.0 Å². The van der Waals surface area contributed by atoms with E-state index in [1.807, 2.05) is 0 Å². The Labute approximate surface area is 124 Å². The van der Waals surface area contributed by atoms with E-state index < -0.39 is 11.7 Å². The van der Waals surface area contributed by atoms with Gasteiger partial charge in [0.2, 0.25) is 0 Å². The van der Waals surface area contributed by atoms with Crippen LogP contribution >= 0.6 is 0 Å². The van der Waals surface area contributed by atoms with Crippen molar-refractivity contribution in [2.24, 2.45) is 0 Å². The number of halogens is 3. The number of alkyl halides is 3. The monoisotopic (exact) mass is 301 g/mol. The molecule has 0 aliphatic rings. The molecule has 0 saturated heterocycles. The van der Waals surface area contributed by atoms with Crippen LogP contribution in [-0.2, 0) is 6.18 Å². The molecule has 3 rings (SSSR count). The number of aldehydes is 1. The molecule has 0 bridgehead atoms. The summed E-state index contributed by atoms with van der Waals surface area (Å²) in [5.41, 5.74) is 0.807. The molecule has 0 fully saturated rings. The van der Waals surface area contributed by atoms with Gasteiger partial charge in [-0.3, -0.25) is 9.78 Å². The molecule has 2 aromatic carbocycles. The fourth-order valence-electron chi connectivity index (χ4n) is 2.35. The molecule has 0 aliphatic heterocycles. The molecule has 0 aliphatic carbocycles. The predicted molar refractivity (Wildman–Crippen MR) is 77.6 cm³/mol. The van der Waals surface area contributed by atoms with E-state index in [9.17, 15) is 18.0 Å². The van der Waals surface area contributed by atoms with Crippen LogP contribution in [0.3, 0.4) is 0 Å². The van der Waals surface area contributed by atoms with Crippen molar-refractivity contribution in [1.82, 2.24) is 4.98 Å². The van der Waals surface area contributed by atoms with Gasteiger partial charge in [-0.15, -0.1) is 0 Å². The quantitative estimate of drug-likeness (QED) is 0.640. The highest BCUT2D eigenvalue weighted by atomic mass is 19.4. The normalized spacial score (nSPS) is 11.6. The predicted octanol–water partition coefficient (Wildman–Crippen LogP) is 4.73. The van der Waals surface area contributed by atoms with Crippen molar-refractivity contribution >= 4 is 17.2 Å². The van der Waals surface area contributed by atoms with Gasteiger partial charge >= 0.3 is 6.18 Å². The first-order valence-electron chi connectivity index (χ1n) is 6.50. The summed E-state index contributed by atoms with van der Waals surface area (Å²) in [6, 6.07) is 11.9. The number of fused-ring (bicyclic) bond motifs is 1. The highest BCUT2D eigenvalue weighted by Gasteiger charge is 2.33. The molecule has 110 valence electrons. The zero-order valence-corrected chi connectivity index (χ0v) is 11.3. The number of pyridine rings is 1. The third-order valence-corrected chi connectivity index (χ3v) is 3.38. The van der Waals surface area contributed by atoms with Crippen LogP contribution in [0.5, 0.6) is 0 Å². The first-order chi connectivity index (χ1) is 10.5. The van der Waals surface area contributed by atoms with Crippen molar-refractivity contribution in [2.75, 3.05) is 0 Å². The lowest BCUT2D eigenvalue weighted by atomic mass is 9.99. The molecule has 1 heterocycles. The van der Waals surface area contributed by atoms with E-state index in [1.165, 1.54) is 18.3 Å². The standard InChI is InChI=1S/C17H10F3NO/c18-17(19,20)15-4-2-1-3-14(15)13-8-12-7-11(10-22)5-6-16(12)21-9-13/h1-10H. The molecule has 0 radical (unpaired) electrons. The van der Waals surface area contributed by atoms with E-state index in [4.69, 9.17) is 0 Å². The van der Waals surface area contributed by atoms with E-state index >= 15 is 0 Å². The summed E-state index contributed by atoms with van der Waals surface area (Å²) in [6.07, 6.45) is -2.33. The molecule has 5 heteroatoms. The molecular formula is C17H10F3NO. The van der Waals surface area contributed by atoms with Crippen molar-refractivity contribution in [1.29, 1.82) is 0 Å². The maximum absolute atomic E-state index is 13.1. The molecule has 22 heavy (non-hydrogen) atoms. The Bertz CT molecular complexity index is 856. The van der Waals surface area contributed by atoms with Crippen LogP contribution in [0, 0.1) is 0 Å². The molecule has 0 spiro atoms. The van der Waals surface area contributed by atoms with Crippen molar-refractivity contribution in [3.8, 4) is 11.1 Å². The molecule has 0 saturated carbocycles. The van der Waals surface area contributed by atoms with Crippen LogP contribution in [0.2, 0.25) is 0 Å². The van der Waals surface area contributed by atoms with E-state index in [2.05, 4.69) is 4.98 Å². The zero-order chi connectivity index (χ0) is 15.7. The number of hydrogen-bond acceptors (Lipinski definition) is 2. The van der Waals surface area contributed by atoms with E-state index in [0.717, 1.165) is 6.07 Å². The van der Waals surface area contributed by atoms with E-state index in [0.29, 0.717) is 28.3 Å². The van der Waals surface area contributed by atoms with Crippen LogP contribution in [0.1, 0.15) is 15.9 Å². The maximum atomic E-state index is 13.1. The Balaban J connectivity index is 2.21. The number of rotatable bonds is 2. The second-order valence-electron chi connectivity index (χ2n) is 4.84. The number of carbonyl (C=O) groups is 1. The summed E-state index contributed by atoms with van der Waals surface area (Å²) in [4.78, 5) is 15.0. The highest BCUT2D eigenvalue weighted by molar-refractivity contribution is 5.89. The first-order valence-corrected chi connectivity index (χ1v) is 6.50. The highest BCUT2D eigenvalue weighted by Crippen LogP contribution is 2.37. The lowest BCUT2D eigenvalue weighted by molar-refractivity contribution is -0.137. The molecular weight excluding hydrogens is 291 g/mol. The van der Waals surface area contributed by atoms with Gasteiger partial charge in [-0.25, -0.2) is 0 Å². The number of benzene rings is 2. The Morgan fingerprint density at radius 3 is 2.50 bits per heavy atom. The fourth-order valence-corrected chi connectivity index (χ4v) is 2.35. The summed E-state index contributed by atoms with van der Waals surface area (Å²) < 4.78 is 39.3. The van der Waals surface area contributed by atoms with Crippen LogP contribution in [0.4, 0.5) is 13.2 Å².